The summed E-state index contributed by atoms with van der Waals surface area (Å²) in [6.07, 6.45) is -0.0394. The van der Waals surface area contributed by atoms with Crippen molar-refractivity contribution in [3.8, 4) is 22.6 Å². The highest BCUT2D eigenvalue weighted by molar-refractivity contribution is 6.03. The van der Waals surface area contributed by atoms with Gasteiger partial charge in [0.25, 0.3) is 0 Å². The Morgan fingerprint density at radius 2 is 1.81 bits per heavy atom. The van der Waals surface area contributed by atoms with E-state index < -0.39 is 6.04 Å². The quantitative estimate of drug-likeness (QED) is 0.589. The van der Waals surface area contributed by atoms with Crippen molar-refractivity contribution < 1.29 is 23.8 Å². The average molecular weight is 436 g/mol. The number of fused-ring (bicyclic) bond motifs is 1. The molecule has 2 heterocycles. The number of carbonyl (C=O) groups excluding carboxylic acids is 2. The number of nitrogens with one attached hydrogen (secondary N) is 2. The number of rotatable bonds is 7. The summed E-state index contributed by atoms with van der Waals surface area (Å²) in [5.41, 5.74) is 2.74. The Balaban J connectivity index is 1.72. The number of carbonyl (C=O) groups is 2. The second-order valence-electron chi connectivity index (χ2n) is 7.27. The van der Waals surface area contributed by atoms with E-state index in [9.17, 15) is 9.59 Å². The summed E-state index contributed by atoms with van der Waals surface area (Å²) in [5.74, 6) is 0.913. The average Bonchev–Trinajstić information content (AvgIpc) is 3.16. The van der Waals surface area contributed by atoms with Crippen LogP contribution < -0.4 is 20.1 Å². The van der Waals surface area contributed by atoms with Crippen LogP contribution in [0.25, 0.3) is 11.1 Å². The van der Waals surface area contributed by atoms with Gasteiger partial charge in [-0.15, -0.1) is 0 Å². The Kier molecular flexibility index (Phi) is 6.09. The largest absolute Gasteiger partial charge is 0.497 e. The van der Waals surface area contributed by atoms with E-state index >= 15 is 0 Å². The van der Waals surface area contributed by atoms with Gasteiger partial charge in [-0.3, -0.25) is 9.59 Å². The van der Waals surface area contributed by atoms with Crippen molar-refractivity contribution in [2.75, 3.05) is 32.0 Å². The van der Waals surface area contributed by atoms with Crippen molar-refractivity contribution in [3.63, 3.8) is 0 Å². The van der Waals surface area contributed by atoms with Crippen molar-refractivity contribution >= 4 is 23.3 Å². The second kappa shape index (κ2) is 9.11. The number of aromatic nitrogens is 2. The molecular weight excluding hydrogens is 412 g/mol. The smallest absolute Gasteiger partial charge is 0.249 e. The fourth-order valence-electron chi connectivity index (χ4n) is 3.73. The van der Waals surface area contributed by atoms with Gasteiger partial charge in [-0.25, -0.2) is 4.68 Å². The Bertz CT molecular complexity index is 1120. The van der Waals surface area contributed by atoms with Crippen LogP contribution in [0.2, 0.25) is 0 Å². The maximum atomic E-state index is 13.2. The zero-order chi connectivity index (χ0) is 22.7. The van der Waals surface area contributed by atoms with Gasteiger partial charge in [0.1, 0.15) is 23.4 Å². The molecular formula is C23H24N4O5. The van der Waals surface area contributed by atoms with Crippen LogP contribution in [-0.4, -0.2) is 42.9 Å². The molecule has 4 rings (SSSR count). The molecule has 1 aromatic heterocycles. The molecule has 0 fully saturated rings. The molecule has 9 nitrogen and oxygen atoms in total. The van der Waals surface area contributed by atoms with Gasteiger partial charge in [0.15, 0.2) is 0 Å². The van der Waals surface area contributed by atoms with E-state index in [1.807, 2.05) is 30.3 Å². The first-order valence-corrected chi connectivity index (χ1v) is 10.0. The molecule has 0 radical (unpaired) electrons. The molecule has 0 saturated carbocycles. The molecule has 32 heavy (non-hydrogen) atoms. The van der Waals surface area contributed by atoms with Gasteiger partial charge in [0.2, 0.25) is 11.8 Å². The van der Waals surface area contributed by atoms with Crippen molar-refractivity contribution in [2.45, 2.75) is 19.1 Å². The molecule has 1 atom stereocenters. The Labute approximate surface area is 185 Å². The number of nitrogens with zero attached hydrogens (tertiary/aromatic N) is 2. The van der Waals surface area contributed by atoms with Gasteiger partial charge in [-0.05, 0) is 5.56 Å². The molecule has 2 aromatic carbocycles. The lowest BCUT2D eigenvalue weighted by molar-refractivity contribution is -0.125. The zero-order valence-electron chi connectivity index (χ0n) is 18.0. The summed E-state index contributed by atoms with van der Waals surface area (Å²) >= 11 is 0. The lowest BCUT2D eigenvalue weighted by atomic mass is 10.0. The molecule has 166 valence electrons. The Morgan fingerprint density at radius 3 is 2.44 bits per heavy atom. The minimum Gasteiger partial charge on any atom is -0.497 e. The van der Waals surface area contributed by atoms with E-state index in [1.165, 1.54) is 14.2 Å². The molecule has 1 aliphatic rings. The number of ether oxygens (including phenoxy) is 3. The van der Waals surface area contributed by atoms with Crippen LogP contribution in [0.4, 0.5) is 11.5 Å². The molecule has 2 N–H and O–H groups in total. The van der Waals surface area contributed by atoms with E-state index in [2.05, 4.69) is 15.7 Å². The van der Waals surface area contributed by atoms with Gasteiger partial charge in [-0.2, -0.15) is 5.10 Å². The van der Waals surface area contributed by atoms with Crippen molar-refractivity contribution in [1.82, 2.24) is 9.78 Å². The molecule has 1 aliphatic heterocycles. The second-order valence-corrected chi connectivity index (χ2v) is 7.27. The number of hydrogen-bond donors (Lipinski definition) is 2. The first kappa shape index (κ1) is 21.4. The SMILES string of the molecule is COCc1nn2c(c1-c1ccccc1)NC(=O)CC2C(=O)Nc1cc(OC)cc(OC)c1. The fraction of sp³-hybridized carbons (Fsp3) is 0.261. The molecule has 2 amide bonds. The summed E-state index contributed by atoms with van der Waals surface area (Å²) in [5, 5.41) is 10.4. The summed E-state index contributed by atoms with van der Waals surface area (Å²) < 4.78 is 17.4. The highest BCUT2D eigenvalue weighted by Crippen LogP contribution is 2.38. The van der Waals surface area contributed by atoms with E-state index in [0.717, 1.165) is 11.1 Å². The van der Waals surface area contributed by atoms with E-state index in [0.29, 0.717) is 28.7 Å². The minimum atomic E-state index is -0.830. The van der Waals surface area contributed by atoms with Crippen molar-refractivity contribution in [3.05, 3.63) is 54.2 Å². The molecule has 3 aromatic rings. The van der Waals surface area contributed by atoms with Crippen molar-refractivity contribution in [2.24, 2.45) is 0 Å². The lowest BCUT2D eigenvalue weighted by Gasteiger charge is -2.24. The molecule has 9 heteroatoms. The Morgan fingerprint density at radius 1 is 1.12 bits per heavy atom. The van der Waals surface area contributed by atoms with Crippen LogP contribution in [0, 0.1) is 0 Å². The Hall–Kier alpha value is -3.85. The van der Waals surface area contributed by atoms with Gasteiger partial charge < -0.3 is 24.8 Å². The number of benzene rings is 2. The van der Waals surface area contributed by atoms with E-state index in [1.54, 1.807) is 30.0 Å². The summed E-state index contributed by atoms with van der Waals surface area (Å²) in [4.78, 5) is 25.8. The van der Waals surface area contributed by atoms with Gasteiger partial charge in [0, 0.05) is 36.6 Å². The normalized spacial score (nSPS) is 15.0. The third kappa shape index (κ3) is 4.15. The van der Waals surface area contributed by atoms with Crippen LogP contribution in [0.1, 0.15) is 18.2 Å². The first-order chi connectivity index (χ1) is 15.5. The van der Waals surface area contributed by atoms with Crippen LogP contribution in [-0.2, 0) is 20.9 Å². The zero-order valence-corrected chi connectivity index (χ0v) is 18.0. The summed E-state index contributed by atoms with van der Waals surface area (Å²) in [6, 6.07) is 13.8. The van der Waals surface area contributed by atoms with Crippen molar-refractivity contribution in [1.29, 1.82) is 0 Å². The van der Waals surface area contributed by atoms with Crippen LogP contribution >= 0.6 is 0 Å². The number of hydrogen-bond acceptors (Lipinski definition) is 6. The highest BCUT2D eigenvalue weighted by Gasteiger charge is 2.35. The third-order valence-corrected chi connectivity index (χ3v) is 5.18. The number of anilines is 2. The standard InChI is InChI=1S/C23H24N4O5/c1-30-13-18-21(14-7-5-4-6-8-14)22-25-20(28)12-19(27(22)26-18)23(29)24-15-9-16(31-2)11-17(10-15)32-3/h4-11,19H,12-13H2,1-3H3,(H,24,29)(H,25,28). The number of methoxy groups -OCH3 is 3. The maximum Gasteiger partial charge on any atom is 0.249 e. The van der Waals surface area contributed by atoms with Crippen LogP contribution in [0.15, 0.2) is 48.5 Å². The van der Waals surface area contributed by atoms with Gasteiger partial charge in [0.05, 0.1) is 32.9 Å². The summed E-state index contributed by atoms with van der Waals surface area (Å²) in [6.45, 7) is 0.238. The predicted octanol–water partition coefficient (Wildman–Crippen LogP) is 3.24. The van der Waals surface area contributed by atoms with Gasteiger partial charge >= 0.3 is 0 Å². The first-order valence-electron chi connectivity index (χ1n) is 10.0. The monoisotopic (exact) mass is 436 g/mol. The van der Waals surface area contributed by atoms with E-state index in [-0.39, 0.29) is 24.8 Å². The van der Waals surface area contributed by atoms with Gasteiger partial charge in [-0.1, -0.05) is 30.3 Å². The molecule has 0 bridgehead atoms. The van der Waals surface area contributed by atoms with Crippen LogP contribution in [0.3, 0.4) is 0 Å². The molecule has 0 saturated heterocycles. The molecule has 1 unspecified atom stereocenters. The minimum absolute atomic E-state index is 0.0394. The third-order valence-electron chi connectivity index (χ3n) is 5.18. The fourth-order valence-corrected chi connectivity index (χ4v) is 3.73. The maximum absolute atomic E-state index is 13.2. The topological polar surface area (TPSA) is 104 Å². The molecule has 0 aliphatic carbocycles. The summed E-state index contributed by atoms with van der Waals surface area (Å²) in [7, 11) is 4.64. The highest BCUT2D eigenvalue weighted by atomic mass is 16.5. The number of amides is 2. The van der Waals surface area contributed by atoms with Crippen LogP contribution in [0.5, 0.6) is 11.5 Å². The lowest BCUT2D eigenvalue weighted by Crippen LogP contribution is -2.35. The predicted molar refractivity (Wildman–Crippen MR) is 119 cm³/mol. The van der Waals surface area contributed by atoms with E-state index in [4.69, 9.17) is 14.2 Å². The molecule has 0 spiro atoms.